The Balaban J connectivity index is 2.44. The first-order valence-electron chi connectivity index (χ1n) is 5.41. The van der Waals surface area contributed by atoms with E-state index < -0.39 is 9.05 Å². The first-order chi connectivity index (χ1) is 7.54. The molecule has 7 heteroatoms. The van der Waals surface area contributed by atoms with Crippen molar-refractivity contribution < 1.29 is 8.42 Å². The van der Waals surface area contributed by atoms with Crippen molar-refractivity contribution in [3.63, 3.8) is 0 Å². The number of nitrogens with zero attached hydrogens (tertiary/aromatic N) is 3. The summed E-state index contributed by atoms with van der Waals surface area (Å²) in [5.41, 5.74) is 0. The maximum absolute atomic E-state index is 11.3. The minimum absolute atomic E-state index is 0.126. The largest absolute Gasteiger partial charge is 0.301 e. The Morgan fingerprint density at radius 1 is 1.38 bits per heavy atom. The maximum Gasteiger partial charge on any atom is 0.296 e. The van der Waals surface area contributed by atoms with Gasteiger partial charge in [0, 0.05) is 23.1 Å². The van der Waals surface area contributed by atoms with E-state index in [1.807, 2.05) is 6.92 Å². The van der Waals surface area contributed by atoms with Crippen molar-refractivity contribution in [3.8, 4) is 0 Å². The summed E-state index contributed by atoms with van der Waals surface area (Å²) in [5.74, 6) is 1.10. The van der Waals surface area contributed by atoms with E-state index in [1.54, 1.807) is 4.57 Å². The van der Waals surface area contributed by atoms with Gasteiger partial charge in [-0.1, -0.05) is 12.8 Å². The topological polar surface area (TPSA) is 64.8 Å². The van der Waals surface area contributed by atoms with Crippen LogP contribution in [-0.4, -0.2) is 23.2 Å². The van der Waals surface area contributed by atoms with Gasteiger partial charge in [-0.15, -0.1) is 10.2 Å². The number of hydrogen-bond acceptors (Lipinski definition) is 4. The molecular formula is C9H14ClN3O2S. The molecule has 1 heterocycles. The van der Waals surface area contributed by atoms with E-state index >= 15 is 0 Å². The Hall–Kier alpha value is -0.620. The van der Waals surface area contributed by atoms with Gasteiger partial charge in [-0.2, -0.15) is 0 Å². The molecule has 0 unspecified atom stereocenters. The second-order valence-electron chi connectivity index (χ2n) is 4.00. The van der Waals surface area contributed by atoms with Gasteiger partial charge >= 0.3 is 0 Å². The standard InChI is InChI=1S/C9H14ClN3O2S/c1-2-13-8(7-5-3-4-6-7)11-12-9(13)16(10,14)15/h7H,2-6H2,1H3. The van der Waals surface area contributed by atoms with Crippen LogP contribution in [0.1, 0.15) is 44.3 Å². The summed E-state index contributed by atoms with van der Waals surface area (Å²) in [6, 6.07) is 0. The lowest BCUT2D eigenvalue weighted by molar-refractivity contribution is 0.553. The van der Waals surface area contributed by atoms with Crippen LogP contribution in [0.15, 0.2) is 5.16 Å². The van der Waals surface area contributed by atoms with Crippen LogP contribution in [0.2, 0.25) is 0 Å². The SMILES string of the molecule is CCn1c(C2CCCC2)nnc1S(=O)(=O)Cl. The van der Waals surface area contributed by atoms with Gasteiger partial charge in [0.05, 0.1) is 0 Å². The Labute approximate surface area is 99.2 Å². The molecule has 0 atom stereocenters. The Kier molecular flexibility index (Phi) is 3.21. The van der Waals surface area contributed by atoms with Crippen LogP contribution in [0.5, 0.6) is 0 Å². The second kappa shape index (κ2) is 4.33. The van der Waals surface area contributed by atoms with Gasteiger partial charge in [0.1, 0.15) is 5.82 Å². The van der Waals surface area contributed by atoms with Crippen LogP contribution >= 0.6 is 10.7 Å². The van der Waals surface area contributed by atoms with Gasteiger partial charge in [-0.3, -0.25) is 0 Å². The summed E-state index contributed by atoms with van der Waals surface area (Å²) in [6.45, 7) is 2.40. The minimum atomic E-state index is -3.79. The third-order valence-corrected chi connectivity index (χ3v) is 4.15. The second-order valence-corrected chi connectivity index (χ2v) is 6.46. The van der Waals surface area contributed by atoms with Crippen LogP contribution in [-0.2, 0) is 15.6 Å². The van der Waals surface area contributed by atoms with Crippen molar-refractivity contribution in [2.75, 3.05) is 0 Å². The van der Waals surface area contributed by atoms with Crippen LogP contribution < -0.4 is 0 Å². The van der Waals surface area contributed by atoms with E-state index in [1.165, 1.54) is 12.8 Å². The minimum Gasteiger partial charge on any atom is -0.301 e. The number of rotatable bonds is 3. The lowest BCUT2D eigenvalue weighted by atomic mass is 10.1. The van der Waals surface area contributed by atoms with E-state index in [0.717, 1.165) is 18.7 Å². The molecule has 16 heavy (non-hydrogen) atoms. The average Bonchev–Trinajstić information content (AvgIpc) is 2.84. The monoisotopic (exact) mass is 263 g/mol. The fourth-order valence-corrected chi connectivity index (χ4v) is 3.23. The molecule has 1 fully saturated rings. The zero-order chi connectivity index (χ0) is 11.8. The number of halogens is 1. The summed E-state index contributed by atoms with van der Waals surface area (Å²) in [6.07, 6.45) is 4.45. The van der Waals surface area contributed by atoms with E-state index in [0.29, 0.717) is 12.5 Å². The Morgan fingerprint density at radius 2 is 2.00 bits per heavy atom. The summed E-state index contributed by atoms with van der Waals surface area (Å²) in [4.78, 5) is 0. The van der Waals surface area contributed by atoms with E-state index in [9.17, 15) is 8.42 Å². The third-order valence-electron chi connectivity index (χ3n) is 3.00. The van der Waals surface area contributed by atoms with Crippen LogP contribution in [0.3, 0.4) is 0 Å². The molecule has 0 amide bonds. The molecule has 0 radical (unpaired) electrons. The van der Waals surface area contributed by atoms with E-state index in [-0.39, 0.29) is 5.16 Å². The highest BCUT2D eigenvalue weighted by Gasteiger charge is 2.27. The van der Waals surface area contributed by atoms with Gasteiger partial charge in [-0.25, -0.2) is 8.42 Å². The molecule has 0 aliphatic heterocycles. The summed E-state index contributed by atoms with van der Waals surface area (Å²) < 4.78 is 24.2. The first kappa shape index (κ1) is 11.9. The highest BCUT2D eigenvalue weighted by atomic mass is 35.7. The molecule has 5 nitrogen and oxygen atoms in total. The van der Waals surface area contributed by atoms with Crippen LogP contribution in [0.4, 0.5) is 0 Å². The first-order valence-corrected chi connectivity index (χ1v) is 7.72. The van der Waals surface area contributed by atoms with Gasteiger partial charge in [-0.05, 0) is 19.8 Å². The smallest absolute Gasteiger partial charge is 0.296 e. The zero-order valence-corrected chi connectivity index (χ0v) is 10.6. The van der Waals surface area contributed by atoms with E-state index in [2.05, 4.69) is 10.2 Å². The highest BCUT2D eigenvalue weighted by Crippen LogP contribution is 2.33. The van der Waals surface area contributed by atoms with Gasteiger partial charge < -0.3 is 4.57 Å². The van der Waals surface area contributed by atoms with Gasteiger partial charge in [0.15, 0.2) is 0 Å². The molecule has 0 spiro atoms. The molecule has 90 valence electrons. The van der Waals surface area contributed by atoms with E-state index in [4.69, 9.17) is 10.7 Å². The quantitative estimate of drug-likeness (QED) is 0.781. The predicted octanol–water partition coefficient (Wildman–Crippen LogP) is 1.88. The molecule has 1 aromatic heterocycles. The van der Waals surface area contributed by atoms with Gasteiger partial charge in [0.2, 0.25) is 0 Å². The fourth-order valence-electron chi connectivity index (χ4n) is 2.26. The van der Waals surface area contributed by atoms with Crippen molar-refractivity contribution >= 4 is 19.7 Å². The Morgan fingerprint density at radius 3 is 2.50 bits per heavy atom. The zero-order valence-electron chi connectivity index (χ0n) is 9.06. The normalized spacial score (nSPS) is 18.1. The molecule has 0 N–H and O–H groups in total. The average molecular weight is 264 g/mol. The van der Waals surface area contributed by atoms with Gasteiger partial charge in [0.25, 0.3) is 14.2 Å². The van der Waals surface area contributed by atoms with Crippen molar-refractivity contribution in [1.82, 2.24) is 14.8 Å². The predicted molar refractivity (Wildman–Crippen MR) is 59.9 cm³/mol. The van der Waals surface area contributed by atoms with Crippen LogP contribution in [0.25, 0.3) is 0 Å². The number of hydrogen-bond donors (Lipinski definition) is 0. The summed E-state index contributed by atoms with van der Waals surface area (Å²) >= 11 is 0. The summed E-state index contributed by atoms with van der Waals surface area (Å²) in [7, 11) is 1.52. The molecule has 1 aromatic rings. The van der Waals surface area contributed by atoms with Crippen molar-refractivity contribution in [2.24, 2.45) is 0 Å². The lowest BCUT2D eigenvalue weighted by Crippen LogP contribution is -2.10. The fraction of sp³-hybridized carbons (Fsp3) is 0.778. The Bertz CT molecular complexity index is 477. The molecular weight excluding hydrogens is 250 g/mol. The lowest BCUT2D eigenvalue weighted by Gasteiger charge is -2.10. The number of aromatic nitrogens is 3. The highest BCUT2D eigenvalue weighted by molar-refractivity contribution is 8.13. The molecule has 1 saturated carbocycles. The maximum atomic E-state index is 11.3. The third kappa shape index (κ3) is 2.08. The molecule has 2 rings (SSSR count). The molecule has 1 aliphatic rings. The molecule has 1 aliphatic carbocycles. The molecule has 0 saturated heterocycles. The molecule has 0 aromatic carbocycles. The van der Waals surface area contributed by atoms with Crippen molar-refractivity contribution in [3.05, 3.63) is 5.82 Å². The van der Waals surface area contributed by atoms with Crippen molar-refractivity contribution in [1.29, 1.82) is 0 Å². The summed E-state index contributed by atoms with van der Waals surface area (Å²) in [5, 5.41) is 7.55. The van der Waals surface area contributed by atoms with Crippen molar-refractivity contribution in [2.45, 2.75) is 50.2 Å². The van der Waals surface area contributed by atoms with Crippen LogP contribution in [0, 0.1) is 0 Å². The molecule has 0 bridgehead atoms.